The van der Waals surface area contributed by atoms with Crippen LogP contribution in [0, 0.1) is 0 Å². The van der Waals surface area contributed by atoms with Crippen LogP contribution in [0.4, 0.5) is 0 Å². The third kappa shape index (κ3) is 5.05. The molecule has 0 radical (unpaired) electrons. The Kier molecular flexibility index (Phi) is 6.31. The van der Waals surface area contributed by atoms with Crippen LogP contribution in [-0.2, 0) is 11.2 Å². The molecule has 0 aliphatic carbocycles. The lowest BCUT2D eigenvalue weighted by Gasteiger charge is -2.09. The summed E-state index contributed by atoms with van der Waals surface area (Å²) in [5.41, 5.74) is 0.972. The van der Waals surface area contributed by atoms with Crippen molar-refractivity contribution in [3.8, 4) is 0 Å². The summed E-state index contributed by atoms with van der Waals surface area (Å²) < 4.78 is 5.30. The summed E-state index contributed by atoms with van der Waals surface area (Å²) in [5.74, 6) is 0.851. The molecule has 0 saturated carbocycles. The van der Waals surface area contributed by atoms with Crippen molar-refractivity contribution in [2.24, 2.45) is 0 Å². The van der Waals surface area contributed by atoms with Gasteiger partial charge in [0, 0.05) is 16.6 Å². The standard InChI is InChI=1S/C16H18Cl2N2O2/c1-11(15-3-2-8-22-15)20-10-16(21)19-7-6-12-4-5-13(17)9-14(12)18/h2-5,8-9,11,20H,6-7,10H2,1H3,(H,19,21)/p+1/t11-/m1/s1. The average Bonchev–Trinajstić information content (AvgIpc) is 3.01. The van der Waals surface area contributed by atoms with Crippen LogP contribution in [0.1, 0.15) is 24.3 Å². The Morgan fingerprint density at radius 2 is 2.18 bits per heavy atom. The van der Waals surface area contributed by atoms with Gasteiger partial charge in [-0.2, -0.15) is 0 Å². The molecule has 0 saturated heterocycles. The molecule has 0 unspecified atom stereocenters. The largest absolute Gasteiger partial charge is 0.463 e. The molecule has 2 rings (SSSR count). The predicted octanol–water partition coefficient (Wildman–Crippen LogP) is 2.57. The van der Waals surface area contributed by atoms with E-state index < -0.39 is 0 Å². The van der Waals surface area contributed by atoms with Gasteiger partial charge in [-0.3, -0.25) is 4.79 Å². The number of nitrogens with one attached hydrogen (secondary N) is 1. The summed E-state index contributed by atoms with van der Waals surface area (Å²) in [6.07, 6.45) is 2.31. The third-order valence-electron chi connectivity index (χ3n) is 3.38. The molecule has 1 aromatic carbocycles. The molecule has 0 fully saturated rings. The Morgan fingerprint density at radius 3 is 2.86 bits per heavy atom. The van der Waals surface area contributed by atoms with Crippen LogP contribution in [0.5, 0.6) is 0 Å². The lowest BCUT2D eigenvalue weighted by molar-refractivity contribution is -0.684. The van der Waals surface area contributed by atoms with E-state index >= 15 is 0 Å². The van der Waals surface area contributed by atoms with Crippen LogP contribution in [-0.4, -0.2) is 19.0 Å². The van der Waals surface area contributed by atoms with E-state index in [1.54, 1.807) is 18.4 Å². The van der Waals surface area contributed by atoms with E-state index in [-0.39, 0.29) is 11.9 Å². The van der Waals surface area contributed by atoms with E-state index in [1.807, 2.05) is 30.4 Å². The zero-order valence-corrected chi connectivity index (χ0v) is 13.8. The van der Waals surface area contributed by atoms with Crippen LogP contribution in [0.15, 0.2) is 41.0 Å². The lowest BCUT2D eigenvalue weighted by atomic mass is 10.1. The van der Waals surface area contributed by atoms with Gasteiger partial charge in [-0.15, -0.1) is 0 Å². The van der Waals surface area contributed by atoms with Gasteiger partial charge in [0.05, 0.1) is 6.26 Å². The molecule has 2 aromatic rings. The summed E-state index contributed by atoms with van der Waals surface area (Å²) in [7, 11) is 0. The minimum Gasteiger partial charge on any atom is -0.463 e. The van der Waals surface area contributed by atoms with Crippen molar-refractivity contribution < 1.29 is 14.5 Å². The van der Waals surface area contributed by atoms with Gasteiger partial charge in [0.1, 0.15) is 6.04 Å². The number of nitrogens with two attached hydrogens (primary N) is 1. The Labute approximate surface area is 139 Å². The van der Waals surface area contributed by atoms with Crippen LogP contribution in [0.25, 0.3) is 0 Å². The van der Waals surface area contributed by atoms with Crippen LogP contribution in [0.3, 0.4) is 0 Å². The average molecular weight is 342 g/mol. The maximum absolute atomic E-state index is 11.8. The molecule has 118 valence electrons. The molecule has 1 amide bonds. The van der Waals surface area contributed by atoms with Gasteiger partial charge in [0.15, 0.2) is 12.3 Å². The van der Waals surface area contributed by atoms with Crippen molar-refractivity contribution >= 4 is 29.1 Å². The van der Waals surface area contributed by atoms with E-state index in [1.165, 1.54) is 0 Å². The highest BCUT2D eigenvalue weighted by Gasteiger charge is 2.13. The molecular formula is C16H19Cl2N2O2+. The first kappa shape index (κ1) is 16.9. The van der Waals surface area contributed by atoms with Crippen molar-refractivity contribution in [2.75, 3.05) is 13.1 Å². The third-order valence-corrected chi connectivity index (χ3v) is 3.97. The minimum atomic E-state index is -0.0107. The molecular weight excluding hydrogens is 323 g/mol. The highest BCUT2D eigenvalue weighted by molar-refractivity contribution is 6.35. The lowest BCUT2D eigenvalue weighted by Crippen LogP contribution is -2.87. The van der Waals surface area contributed by atoms with Gasteiger partial charge in [-0.05, 0) is 43.2 Å². The molecule has 22 heavy (non-hydrogen) atoms. The molecule has 1 aromatic heterocycles. The zero-order valence-electron chi connectivity index (χ0n) is 12.3. The van der Waals surface area contributed by atoms with Gasteiger partial charge < -0.3 is 15.1 Å². The summed E-state index contributed by atoms with van der Waals surface area (Å²) in [6.45, 7) is 2.90. The van der Waals surface area contributed by atoms with Gasteiger partial charge >= 0.3 is 0 Å². The second-order valence-corrected chi connectivity index (χ2v) is 5.92. The molecule has 1 heterocycles. The van der Waals surface area contributed by atoms with Gasteiger partial charge in [-0.1, -0.05) is 29.3 Å². The highest BCUT2D eigenvalue weighted by atomic mass is 35.5. The molecule has 3 N–H and O–H groups in total. The van der Waals surface area contributed by atoms with Crippen molar-refractivity contribution in [3.63, 3.8) is 0 Å². The number of hydrogen-bond donors (Lipinski definition) is 2. The molecule has 0 aliphatic heterocycles. The number of benzene rings is 1. The minimum absolute atomic E-state index is 0.0107. The second kappa shape index (κ2) is 8.22. The zero-order chi connectivity index (χ0) is 15.9. The molecule has 6 heteroatoms. The van der Waals surface area contributed by atoms with E-state index in [9.17, 15) is 4.79 Å². The molecule has 0 aliphatic rings. The Morgan fingerprint density at radius 1 is 1.36 bits per heavy atom. The number of furan rings is 1. The van der Waals surface area contributed by atoms with E-state index in [0.29, 0.717) is 29.6 Å². The van der Waals surface area contributed by atoms with Gasteiger partial charge in [0.2, 0.25) is 0 Å². The number of carbonyl (C=O) groups is 1. The summed E-state index contributed by atoms with van der Waals surface area (Å²) >= 11 is 11.9. The Balaban J connectivity index is 1.69. The first-order valence-electron chi connectivity index (χ1n) is 7.13. The van der Waals surface area contributed by atoms with Gasteiger partial charge in [0.25, 0.3) is 5.91 Å². The molecule has 1 atom stereocenters. The van der Waals surface area contributed by atoms with Crippen molar-refractivity contribution in [1.29, 1.82) is 0 Å². The van der Waals surface area contributed by atoms with E-state index in [0.717, 1.165) is 11.3 Å². The summed E-state index contributed by atoms with van der Waals surface area (Å²) in [4.78, 5) is 11.8. The highest BCUT2D eigenvalue weighted by Crippen LogP contribution is 2.20. The van der Waals surface area contributed by atoms with Crippen molar-refractivity contribution in [2.45, 2.75) is 19.4 Å². The Hall–Kier alpha value is -1.49. The van der Waals surface area contributed by atoms with Crippen molar-refractivity contribution in [1.82, 2.24) is 5.32 Å². The fourth-order valence-electron chi connectivity index (χ4n) is 2.08. The number of halogens is 2. The monoisotopic (exact) mass is 341 g/mol. The van der Waals surface area contributed by atoms with E-state index in [2.05, 4.69) is 5.32 Å². The van der Waals surface area contributed by atoms with Crippen molar-refractivity contribution in [3.05, 3.63) is 58.0 Å². The van der Waals surface area contributed by atoms with Gasteiger partial charge in [-0.25, -0.2) is 0 Å². The molecule has 0 spiro atoms. The number of quaternary nitrogens is 1. The number of amides is 1. The second-order valence-electron chi connectivity index (χ2n) is 5.08. The first-order chi connectivity index (χ1) is 10.6. The van der Waals surface area contributed by atoms with E-state index in [4.69, 9.17) is 27.6 Å². The normalized spacial score (nSPS) is 12.1. The quantitative estimate of drug-likeness (QED) is 0.813. The maximum Gasteiger partial charge on any atom is 0.275 e. The van der Waals surface area contributed by atoms with Crippen LogP contribution < -0.4 is 10.6 Å². The van der Waals surface area contributed by atoms with Crippen LogP contribution in [0.2, 0.25) is 10.0 Å². The fourth-order valence-corrected chi connectivity index (χ4v) is 2.59. The summed E-state index contributed by atoms with van der Waals surface area (Å²) in [5, 5.41) is 6.05. The number of rotatable bonds is 7. The first-order valence-corrected chi connectivity index (χ1v) is 7.89. The SMILES string of the molecule is C[C@@H]([NH2+]CC(=O)NCCc1ccc(Cl)cc1Cl)c1ccco1. The Bertz CT molecular complexity index is 615. The topological polar surface area (TPSA) is 58.9 Å². The fraction of sp³-hybridized carbons (Fsp3) is 0.312. The smallest absolute Gasteiger partial charge is 0.275 e. The molecule has 4 nitrogen and oxygen atoms in total. The predicted molar refractivity (Wildman–Crippen MR) is 87.1 cm³/mol. The maximum atomic E-state index is 11.8. The van der Waals surface area contributed by atoms with Crippen LogP contribution >= 0.6 is 23.2 Å². The summed E-state index contributed by atoms with van der Waals surface area (Å²) in [6, 6.07) is 9.24. The number of carbonyl (C=O) groups excluding carboxylic acids is 1. The molecule has 0 bridgehead atoms. The number of hydrogen-bond acceptors (Lipinski definition) is 2.